The molecular weight excluding hydrogens is 231 g/mol. The second-order valence-electron chi connectivity index (χ2n) is 4.05. The molecule has 4 nitrogen and oxygen atoms in total. The molecule has 1 N–H and O–H groups in total. The minimum absolute atomic E-state index is 0.237. The van der Waals surface area contributed by atoms with Gasteiger partial charge >= 0.3 is 0 Å². The van der Waals surface area contributed by atoms with Gasteiger partial charge in [-0.1, -0.05) is 6.92 Å². The molecular formula is C13H15FN4. The molecule has 0 aliphatic carbocycles. The molecule has 2 aromatic heterocycles. The monoisotopic (exact) mass is 246 g/mol. The Morgan fingerprint density at radius 2 is 1.94 bits per heavy atom. The van der Waals surface area contributed by atoms with Crippen LogP contribution in [0.4, 0.5) is 4.39 Å². The van der Waals surface area contributed by atoms with E-state index in [4.69, 9.17) is 0 Å². The highest BCUT2D eigenvalue weighted by Gasteiger charge is 2.16. The number of pyridine rings is 1. The molecule has 0 fully saturated rings. The van der Waals surface area contributed by atoms with Crippen molar-refractivity contribution >= 4 is 0 Å². The summed E-state index contributed by atoms with van der Waals surface area (Å²) in [4.78, 5) is 12.4. The zero-order valence-corrected chi connectivity index (χ0v) is 10.4. The van der Waals surface area contributed by atoms with E-state index in [0.717, 1.165) is 17.7 Å². The maximum atomic E-state index is 13.2. The van der Waals surface area contributed by atoms with Gasteiger partial charge in [-0.3, -0.25) is 4.98 Å². The summed E-state index contributed by atoms with van der Waals surface area (Å²) in [5.41, 5.74) is 1.71. The predicted octanol–water partition coefficient (Wildman–Crippen LogP) is 2.02. The lowest BCUT2D eigenvalue weighted by Gasteiger charge is -2.16. The van der Waals surface area contributed by atoms with Crippen molar-refractivity contribution in [3.63, 3.8) is 0 Å². The van der Waals surface area contributed by atoms with Gasteiger partial charge in [-0.2, -0.15) is 0 Å². The fourth-order valence-electron chi connectivity index (χ4n) is 1.70. The smallest absolute Gasteiger partial charge is 0.149 e. The molecule has 0 amide bonds. The van der Waals surface area contributed by atoms with Crippen molar-refractivity contribution in [1.82, 2.24) is 20.3 Å². The molecule has 0 saturated heterocycles. The van der Waals surface area contributed by atoms with E-state index >= 15 is 0 Å². The zero-order valence-electron chi connectivity index (χ0n) is 10.4. The van der Waals surface area contributed by atoms with Crippen molar-refractivity contribution < 1.29 is 4.39 Å². The second-order valence-corrected chi connectivity index (χ2v) is 4.05. The number of rotatable bonds is 4. The minimum atomic E-state index is -0.359. The quantitative estimate of drug-likeness (QED) is 0.896. The highest BCUT2D eigenvalue weighted by atomic mass is 19.1. The molecule has 0 saturated carbocycles. The van der Waals surface area contributed by atoms with E-state index in [2.05, 4.69) is 20.3 Å². The third kappa shape index (κ3) is 2.87. The lowest BCUT2D eigenvalue weighted by molar-refractivity contribution is 0.577. The van der Waals surface area contributed by atoms with Gasteiger partial charge < -0.3 is 5.32 Å². The first-order valence-corrected chi connectivity index (χ1v) is 5.83. The lowest BCUT2D eigenvalue weighted by atomic mass is 10.1. The minimum Gasteiger partial charge on any atom is -0.304 e. The van der Waals surface area contributed by atoms with Crippen molar-refractivity contribution in [2.45, 2.75) is 19.9 Å². The molecule has 1 unspecified atom stereocenters. The number of hydrogen-bond donors (Lipinski definition) is 1. The topological polar surface area (TPSA) is 50.7 Å². The van der Waals surface area contributed by atoms with Crippen LogP contribution >= 0.6 is 0 Å². The molecule has 5 heteroatoms. The third-order valence-electron chi connectivity index (χ3n) is 2.53. The SMILES string of the molecule is CCNC(c1cncc(F)c1)c1ncc(C)cn1. The first-order valence-electron chi connectivity index (χ1n) is 5.83. The third-order valence-corrected chi connectivity index (χ3v) is 2.53. The highest BCUT2D eigenvalue weighted by Crippen LogP contribution is 2.18. The van der Waals surface area contributed by atoms with Crippen molar-refractivity contribution in [3.8, 4) is 0 Å². The average Bonchev–Trinajstić information content (AvgIpc) is 2.37. The largest absolute Gasteiger partial charge is 0.304 e. The van der Waals surface area contributed by atoms with Crippen LogP contribution in [0.2, 0.25) is 0 Å². The molecule has 0 bridgehead atoms. The Bertz CT molecular complexity index is 513. The summed E-state index contributed by atoms with van der Waals surface area (Å²) in [6, 6.07) is 1.21. The van der Waals surface area contributed by atoms with Gasteiger partial charge in [0.1, 0.15) is 11.6 Å². The first-order chi connectivity index (χ1) is 8.70. The molecule has 18 heavy (non-hydrogen) atoms. The van der Waals surface area contributed by atoms with E-state index < -0.39 is 0 Å². The molecule has 94 valence electrons. The number of aryl methyl sites for hydroxylation is 1. The Morgan fingerprint density at radius 3 is 2.56 bits per heavy atom. The van der Waals surface area contributed by atoms with Crippen molar-refractivity contribution in [1.29, 1.82) is 0 Å². The van der Waals surface area contributed by atoms with Gasteiger partial charge in [-0.15, -0.1) is 0 Å². The van der Waals surface area contributed by atoms with Crippen LogP contribution in [0.25, 0.3) is 0 Å². The predicted molar refractivity (Wildman–Crippen MR) is 66.5 cm³/mol. The normalized spacial score (nSPS) is 12.4. The summed E-state index contributed by atoms with van der Waals surface area (Å²) in [5, 5.41) is 3.23. The van der Waals surface area contributed by atoms with Crippen LogP contribution in [0.5, 0.6) is 0 Å². The molecule has 2 rings (SSSR count). The lowest BCUT2D eigenvalue weighted by Crippen LogP contribution is -2.24. The van der Waals surface area contributed by atoms with E-state index in [1.807, 2.05) is 13.8 Å². The summed E-state index contributed by atoms with van der Waals surface area (Å²) in [6.45, 7) is 4.64. The summed E-state index contributed by atoms with van der Waals surface area (Å²) < 4.78 is 13.2. The fraction of sp³-hybridized carbons (Fsp3) is 0.308. The van der Waals surface area contributed by atoms with Gasteiger partial charge in [-0.25, -0.2) is 14.4 Å². The van der Waals surface area contributed by atoms with Gasteiger partial charge in [0.15, 0.2) is 0 Å². The maximum Gasteiger partial charge on any atom is 0.149 e. The number of nitrogens with zero attached hydrogens (tertiary/aromatic N) is 3. The fourth-order valence-corrected chi connectivity index (χ4v) is 1.70. The van der Waals surface area contributed by atoms with Gasteiger partial charge in [-0.05, 0) is 30.7 Å². The molecule has 1 atom stereocenters. The van der Waals surface area contributed by atoms with Crippen LogP contribution < -0.4 is 5.32 Å². The van der Waals surface area contributed by atoms with Crippen molar-refractivity contribution in [2.24, 2.45) is 0 Å². The number of halogens is 1. The first kappa shape index (κ1) is 12.6. The van der Waals surface area contributed by atoms with Crippen LogP contribution in [-0.4, -0.2) is 21.5 Å². The van der Waals surface area contributed by atoms with E-state index in [9.17, 15) is 4.39 Å². The van der Waals surface area contributed by atoms with Gasteiger partial charge in [0.25, 0.3) is 0 Å². The highest BCUT2D eigenvalue weighted by molar-refractivity contribution is 5.22. The summed E-state index contributed by atoms with van der Waals surface area (Å²) in [5.74, 6) is 0.261. The Labute approximate surface area is 105 Å². The number of aromatic nitrogens is 3. The molecule has 0 aliphatic heterocycles. The van der Waals surface area contributed by atoms with Gasteiger partial charge in [0, 0.05) is 18.6 Å². The van der Waals surface area contributed by atoms with Crippen molar-refractivity contribution in [3.05, 3.63) is 53.6 Å². The summed E-state index contributed by atoms with van der Waals surface area (Å²) in [7, 11) is 0. The molecule has 0 radical (unpaired) electrons. The summed E-state index contributed by atoms with van der Waals surface area (Å²) in [6.07, 6.45) is 6.31. The van der Waals surface area contributed by atoms with E-state index in [1.165, 1.54) is 12.3 Å². The molecule has 2 aromatic rings. The Balaban J connectivity index is 2.36. The molecule has 0 aromatic carbocycles. The van der Waals surface area contributed by atoms with Crippen LogP contribution in [0.15, 0.2) is 30.9 Å². The second kappa shape index (κ2) is 5.64. The number of nitrogens with one attached hydrogen (secondary N) is 1. The molecule has 2 heterocycles. The van der Waals surface area contributed by atoms with Crippen molar-refractivity contribution in [2.75, 3.05) is 6.54 Å². The van der Waals surface area contributed by atoms with E-state index in [0.29, 0.717) is 5.82 Å². The van der Waals surface area contributed by atoms with Crippen LogP contribution in [0.1, 0.15) is 29.9 Å². The zero-order chi connectivity index (χ0) is 13.0. The van der Waals surface area contributed by atoms with Crippen LogP contribution in [0, 0.1) is 12.7 Å². The standard InChI is InChI=1S/C13H15FN4/c1-3-16-12(10-4-11(14)8-15-7-10)13-17-5-9(2)6-18-13/h4-8,12,16H,3H2,1-2H3. The maximum absolute atomic E-state index is 13.2. The number of hydrogen-bond acceptors (Lipinski definition) is 4. The van der Waals surface area contributed by atoms with E-state index in [1.54, 1.807) is 18.6 Å². The Hall–Kier alpha value is -1.88. The van der Waals surface area contributed by atoms with Crippen LogP contribution in [-0.2, 0) is 0 Å². The van der Waals surface area contributed by atoms with Gasteiger partial charge in [0.2, 0.25) is 0 Å². The molecule has 0 spiro atoms. The van der Waals surface area contributed by atoms with Gasteiger partial charge in [0.05, 0.1) is 12.2 Å². The average molecular weight is 246 g/mol. The Morgan fingerprint density at radius 1 is 1.22 bits per heavy atom. The summed E-state index contributed by atoms with van der Waals surface area (Å²) >= 11 is 0. The Kier molecular flexibility index (Phi) is 3.94. The van der Waals surface area contributed by atoms with E-state index in [-0.39, 0.29) is 11.9 Å². The molecule has 0 aliphatic rings. The van der Waals surface area contributed by atoms with Crippen LogP contribution in [0.3, 0.4) is 0 Å².